The Morgan fingerprint density at radius 1 is 1.39 bits per heavy atom. The van der Waals surface area contributed by atoms with Gasteiger partial charge in [-0.05, 0) is 31.0 Å². The molecule has 7 heteroatoms. The highest BCUT2D eigenvalue weighted by Crippen LogP contribution is 2.24. The quantitative estimate of drug-likeness (QED) is 0.817. The summed E-state index contributed by atoms with van der Waals surface area (Å²) in [6.45, 7) is 4.29. The number of benzene rings is 1. The number of hydrogen-bond donors (Lipinski definition) is 2. The van der Waals surface area contributed by atoms with Gasteiger partial charge < -0.3 is 10.4 Å². The van der Waals surface area contributed by atoms with Gasteiger partial charge in [-0.25, -0.2) is 14.1 Å². The van der Waals surface area contributed by atoms with E-state index in [0.717, 1.165) is 12.8 Å². The molecule has 1 aromatic heterocycles. The van der Waals surface area contributed by atoms with Gasteiger partial charge in [-0.2, -0.15) is 5.10 Å². The summed E-state index contributed by atoms with van der Waals surface area (Å²) in [6.07, 6.45) is 4.19. The Morgan fingerprint density at radius 2 is 2.13 bits per heavy atom. The molecule has 1 heterocycles. The van der Waals surface area contributed by atoms with E-state index in [1.165, 1.54) is 35.5 Å². The van der Waals surface area contributed by atoms with Crippen molar-refractivity contribution in [3.63, 3.8) is 0 Å². The number of hydrogen-bond acceptors (Lipinski definition) is 4. The van der Waals surface area contributed by atoms with Crippen LogP contribution in [-0.4, -0.2) is 38.9 Å². The van der Waals surface area contributed by atoms with Crippen molar-refractivity contribution < 1.29 is 14.3 Å². The van der Waals surface area contributed by atoms with Crippen molar-refractivity contribution in [3.05, 3.63) is 42.2 Å². The molecule has 0 fully saturated rings. The van der Waals surface area contributed by atoms with Gasteiger partial charge in [-0.3, -0.25) is 4.79 Å². The molecule has 0 bridgehead atoms. The minimum atomic E-state index is -0.553. The Hall–Kier alpha value is -2.28. The van der Waals surface area contributed by atoms with Crippen LogP contribution < -0.4 is 5.32 Å². The van der Waals surface area contributed by atoms with Crippen molar-refractivity contribution in [2.45, 2.75) is 26.7 Å². The van der Waals surface area contributed by atoms with Crippen molar-refractivity contribution in [2.75, 3.05) is 13.2 Å². The molecule has 23 heavy (non-hydrogen) atoms. The summed E-state index contributed by atoms with van der Waals surface area (Å²) in [5, 5.41) is 16.2. The zero-order chi connectivity index (χ0) is 16.9. The molecule has 0 aliphatic carbocycles. The zero-order valence-corrected chi connectivity index (χ0v) is 13.3. The lowest BCUT2D eigenvalue weighted by molar-refractivity contribution is 0.0850. The number of nitrogens with zero attached hydrogens (tertiary/aromatic N) is 3. The topological polar surface area (TPSA) is 80.0 Å². The van der Waals surface area contributed by atoms with E-state index >= 15 is 0 Å². The molecule has 0 saturated heterocycles. The summed E-state index contributed by atoms with van der Waals surface area (Å²) in [5.74, 6) is -0.920. The van der Waals surface area contributed by atoms with Gasteiger partial charge in [-0.1, -0.05) is 13.8 Å². The number of amides is 1. The van der Waals surface area contributed by atoms with E-state index in [2.05, 4.69) is 15.4 Å². The summed E-state index contributed by atoms with van der Waals surface area (Å²) in [4.78, 5) is 16.0. The van der Waals surface area contributed by atoms with Crippen LogP contribution in [0.25, 0.3) is 5.69 Å². The molecule has 1 aromatic carbocycles. The molecule has 2 aromatic rings. The number of nitrogens with one attached hydrogen (secondary N) is 1. The Labute approximate surface area is 134 Å². The number of carbonyl (C=O) groups excluding carboxylic acids is 1. The molecular weight excluding hydrogens is 299 g/mol. The van der Waals surface area contributed by atoms with E-state index in [4.69, 9.17) is 0 Å². The van der Waals surface area contributed by atoms with Gasteiger partial charge in [0.15, 0.2) is 0 Å². The average molecular weight is 320 g/mol. The summed E-state index contributed by atoms with van der Waals surface area (Å²) in [5.41, 5.74) is 0.116. The fourth-order valence-corrected chi connectivity index (χ4v) is 2.32. The maximum absolute atomic E-state index is 14.1. The Kier molecular flexibility index (Phi) is 5.44. The highest BCUT2D eigenvalue weighted by molar-refractivity contribution is 5.94. The van der Waals surface area contributed by atoms with E-state index < -0.39 is 5.82 Å². The number of halogens is 1. The second-order valence-electron chi connectivity index (χ2n) is 5.55. The highest BCUT2D eigenvalue weighted by atomic mass is 19.1. The normalized spacial score (nSPS) is 11.5. The zero-order valence-electron chi connectivity index (χ0n) is 13.3. The molecule has 0 atom stereocenters. The second kappa shape index (κ2) is 7.32. The van der Waals surface area contributed by atoms with Crippen LogP contribution in [0, 0.1) is 11.2 Å². The molecule has 0 radical (unpaired) electrons. The molecule has 124 valence electrons. The molecule has 2 N–H and O–H groups in total. The Morgan fingerprint density at radius 3 is 2.65 bits per heavy atom. The standard InChI is InChI=1S/C16H21FN4O2/c1-3-16(4-2,9-22)8-19-15(23)12-5-6-14(13(17)7-12)21-11-18-10-20-21/h5-7,10-11,22H,3-4,8-9H2,1-2H3,(H,19,23). The summed E-state index contributed by atoms with van der Waals surface area (Å²) in [7, 11) is 0. The highest BCUT2D eigenvalue weighted by Gasteiger charge is 2.26. The number of aromatic nitrogens is 3. The van der Waals surface area contributed by atoms with E-state index in [1.54, 1.807) is 0 Å². The van der Waals surface area contributed by atoms with Crippen molar-refractivity contribution in [2.24, 2.45) is 5.41 Å². The molecular formula is C16H21FN4O2. The van der Waals surface area contributed by atoms with Gasteiger partial charge in [0.25, 0.3) is 5.91 Å². The summed E-state index contributed by atoms with van der Waals surface area (Å²) >= 11 is 0. The number of aliphatic hydroxyl groups excluding tert-OH is 1. The average Bonchev–Trinajstić information content (AvgIpc) is 3.10. The first-order valence-corrected chi connectivity index (χ1v) is 7.59. The van der Waals surface area contributed by atoms with Crippen molar-refractivity contribution in [1.29, 1.82) is 0 Å². The lowest BCUT2D eigenvalue weighted by atomic mass is 9.83. The van der Waals surface area contributed by atoms with E-state index in [0.29, 0.717) is 6.54 Å². The molecule has 0 aliphatic heterocycles. The molecule has 0 saturated carbocycles. The third kappa shape index (κ3) is 3.73. The summed E-state index contributed by atoms with van der Waals surface area (Å²) in [6, 6.07) is 4.19. The molecule has 1 amide bonds. The van der Waals surface area contributed by atoms with Gasteiger partial charge in [0.05, 0.1) is 6.61 Å². The number of aliphatic hydroxyl groups is 1. The fourth-order valence-electron chi connectivity index (χ4n) is 2.32. The number of carbonyl (C=O) groups is 1. The first-order chi connectivity index (χ1) is 11.0. The molecule has 6 nitrogen and oxygen atoms in total. The lowest BCUT2D eigenvalue weighted by Crippen LogP contribution is -2.39. The SMILES string of the molecule is CCC(CC)(CO)CNC(=O)c1ccc(-n2cncn2)c(F)c1. The van der Waals surface area contributed by atoms with Crippen molar-refractivity contribution >= 4 is 5.91 Å². The molecule has 2 rings (SSSR count). The van der Waals surface area contributed by atoms with Crippen LogP contribution in [0.15, 0.2) is 30.9 Å². The van der Waals surface area contributed by atoms with Crippen LogP contribution in [0.3, 0.4) is 0 Å². The Balaban J connectivity index is 2.10. The third-order valence-electron chi connectivity index (χ3n) is 4.33. The van der Waals surface area contributed by atoms with Crippen LogP contribution in [0.2, 0.25) is 0 Å². The van der Waals surface area contributed by atoms with Crippen LogP contribution in [0.1, 0.15) is 37.0 Å². The van der Waals surface area contributed by atoms with E-state index in [9.17, 15) is 14.3 Å². The smallest absolute Gasteiger partial charge is 0.251 e. The molecule has 0 spiro atoms. The molecule has 0 aliphatic rings. The van der Waals surface area contributed by atoms with Crippen LogP contribution in [0.5, 0.6) is 0 Å². The van der Waals surface area contributed by atoms with E-state index in [1.807, 2.05) is 13.8 Å². The maximum Gasteiger partial charge on any atom is 0.251 e. The van der Waals surface area contributed by atoms with Gasteiger partial charge in [-0.15, -0.1) is 0 Å². The lowest BCUT2D eigenvalue weighted by Gasteiger charge is -2.29. The second-order valence-corrected chi connectivity index (χ2v) is 5.55. The minimum Gasteiger partial charge on any atom is -0.396 e. The fraction of sp³-hybridized carbons (Fsp3) is 0.438. The largest absolute Gasteiger partial charge is 0.396 e. The third-order valence-corrected chi connectivity index (χ3v) is 4.33. The van der Waals surface area contributed by atoms with Crippen LogP contribution in [0.4, 0.5) is 4.39 Å². The minimum absolute atomic E-state index is 0.000121. The Bertz CT molecular complexity index is 646. The monoisotopic (exact) mass is 320 g/mol. The first-order valence-electron chi connectivity index (χ1n) is 7.59. The first kappa shape index (κ1) is 17.1. The van der Waals surface area contributed by atoms with Gasteiger partial charge in [0, 0.05) is 17.5 Å². The van der Waals surface area contributed by atoms with E-state index in [-0.39, 0.29) is 29.2 Å². The molecule has 0 unspecified atom stereocenters. The van der Waals surface area contributed by atoms with Gasteiger partial charge >= 0.3 is 0 Å². The number of rotatable bonds is 7. The van der Waals surface area contributed by atoms with Crippen molar-refractivity contribution in [3.8, 4) is 5.69 Å². The predicted molar refractivity (Wildman–Crippen MR) is 83.8 cm³/mol. The summed E-state index contributed by atoms with van der Waals surface area (Å²) < 4.78 is 15.4. The predicted octanol–water partition coefficient (Wildman–Crippen LogP) is 1.93. The van der Waals surface area contributed by atoms with Crippen molar-refractivity contribution in [1.82, 2.24) is 20.1 Å². The van der Waals surface area contributed by atoms with Gasteiger partial charge in [0.2, 0.25) is 0 Å². The maximum atomic E-state index is 14.1. The van der Waals surface area contributed by atoms with Gasteiger partial charge in [0.1, 0.15) is 24.2 Å². The van der Waals surface area contributed by atoms with Crippen LogP contribution >= 0.6 is 0 Å². The van der Waals surface area contributed by atoms with Crippen LogP contribution in [-0.2, 0) is 0 Å².